The standard InChI is InChI=1S/C14H26N2O2/c1-9(2)8-15-14(17)10(3)16-12-6-7-18-13(12)11-4-5-11/h9-13,16H,4-8H2,1-3H3,(H,15,17). The summed E-state index contributed by atoms with van der Waals surface area (Å²) in [5.41, 5.74) is 0. The summed E-state index contributed by atoms with van der Waals surface area (Å²) >= 11 is 0. The third-order valence-electron chi connectivity index (χ3n) is 3.76. The van der Waals surface area contributed by atoms with E-state index in [1.54, 1.807) is 0 Å². The minimum absolute atomic E-state index is 0.102. The Hall–Kier alpha value is -0.610. The minimum Gasteiger partial charge on any atom is -0.376 e. The van der Waals surface area contributed by atoms with Gasteiger partial charge in [0.1, 0.15) is 0 Å². The first-order valence-electron chi connectivity index (χ1n) is 7.23. The maximum atomic E-state index is 11.9. The van der Waals surface area contributed by atoms with Crippen molar-refractivity contribution < 1.29 is 9.53 Å². The molecule has 3 atom stereocenters. The summed E-state index contributed by atoms with van der Waals surface area (Å²) in [6.07, 6.45) is 3.95. The average molecular weight is 254 g/mol. The van der Waals surface area contributed by atoms with Gasteiger partial charge in [0.05, 0.1) is 12.1 Å². The molecule has 3 unspecified atom stereocenters. The van der Waals surface area contributed by atoms with Crippen LogP contribution in [-0.4, -0.2) is 37.2 Å². The molecule has 2 rings (SSSR count). The Balaban J connectivity index is 1.75. The predicted octanol–water partition coefficient (Wildman–Crippen LogP) is 1.30. The first-order valence-corrected chi connectivity index (χ1v) is 7.23. The van der Waals surface area contributed by atoms with E-state index >= 15 is 0 Å². The Morgan fingerprint density at radius 2 is 2.00 bits per heavy atom. The summed E-state index contributed by atoms with van der Waals surface area (Å²) < 4.78 is 5.77. The Bertz CT molecular complexity index is 290. The average Bonchev–Trinajstić information content (AvgIpc) is 3.07. The third-order valence-corrected chi connectivity index (χ3v) is 3.76. The van der Waals surface area contributed by atoms with Crippen molar-refractivity contribution in [1.82, 2.24) is 10.6 Å². The van der Waals surface area contributed by atoms with Crippen LogP contribution in [0.4, 0.5) is 0 Å². The second kappa shape index (κ2) is 6.02. The van der Waals surface area contributed by atoms with E-state index in [1.165, 1.54) is 12.8 Å². The first kappa shape index (κ1) is 13.8. The zero-order valence-corrected chi connectivity index (χ0v) is 11.7. The molecule has 4 nitrogen and oxygen atoms in total. The molecule has 18 heavy (non-hydrogen) atoms. The fourth-order valence-electron chi connectivity index (χ4n) is 2.53. The molecule has 4 heteroatoms. The van der Waals surface area contributed by atoms with E-state index in [0.717, 1.165) is 25.5 Å². The molecule has 0 aromatic carbocycles. The molecule has 1 saturated heterocycles. The van der Waals surface area contributed by atoms with Crippen molar-refractivity contribution in [3.8, 4) is 0 Å². The van der Waals surface area contributed by atoms with E-state index < -0.39 is 0 Å². The summed E-state index contributed by atoms with van der Waals surface area (Å²) in [7, 11) is 0. The number of nitrogens with one attached hydrogen (secondary N) is 2. The second-order valence-corrected chi connectivity index (χ2v) is 6.10. The summed E-state index contributed by atoms with van der Waals surface area (Å²) in [6, 6.07) is 0.231. The zero-order valence-electron chi connectivity index (χ0n) is 11.7. The van der Waals surface area contributed by atoms with Gasteiger partial charge in [-0.2, -0.15) is 0 Å². The number of carbonyl (C=O) groups is 1. The highest BCUT2D eigenvalue weighted by Crippen LogP contribution is 2.38. The highest BCUT2D eigenvalue weighted by molar-refractivity contribution is 5.81. The van der Waals surface area contributed by atoms with Gasteiger partial charge in [0.15, 0.2) is 0 Å². The Labute approximate surface area is 110 Å². The molecule has 0 aromatic rings. The molecule has 0 aromatic heterocycles. The van der Waals surface area contributed by atoms with Gasteiger partial charge in [0.25, 0.3) is 0 Å². The van der Waals surface area contributed by atoms with Gasteiger partial charge in [-0.25, -0.2) is 0 Å². The van der Waals surface area contributed by atoms with Gasteiger partial charge in [-0.1, -0.05) is 13.8 Å². The third kappa shape index (κ3) is 3.69. The monoisotopic (exact) mass is 254 g/mol. The summed E-state index contributed by atoms with van der Waals surface area (Å²) in [5.74, 6) is 1.33. The fraction of sp³-hybridized carbons (Fsp3) is 0.929. The van der Waals surface area contributed by atoms with Crippen LogP contribution >= 0.6 is 0 Å². The van der Waals surface area contributed by atoms with E-state index in [1.807, 2.05) is 6.92 Å². The zero-order chi connectivity index (χ0) is 13.1. The first-order chi connectivity index (χ1) is 8.58. The number of rotatable bonds is 6. The quantitative estimate of drug-likeness (QED) is 0.751. The van der Waals surface area contributed by atoms with Gasteiger partial charge in [0, 0.05) is 19.2 Å². The van der Waals surface area contributed by atoms with Crippen LogP contribution in [0.5, 0.6) is 0 Å². The molecule has 2 N–H and O–H groups in total. The van der Waals surface area contributed by atoms with Gasteiger partial charge >= 0.3 is 0 Å². The van der Waals surface area contributed by atoms with Crippen molar-refractivity contribution in [3.05, 3.63) is 0 Å². The van der Waals surface area contributed by atoms with Crippen LogP contribution in [0.25, 0.3) is 0 Å². The number of ether oxygens (including phenoxy) is 1. The number of hydrogen-bond acceptors (Lipinski definition) is 3. The predicted molar refractivity (Wildman–Crippen MR) is 71.3 cm³/mol. The van der Waals surface area contributed by atoms with E-state index in [4.69, 9.17) is 4.74 Å². The van der Waals surface area contributed by atoms with Crippen molar-refractivity contribution >= 4 is 5.91 Å². The molecular formula is C14H26N2O2. The topological polar surface area (TPSA) is 50.4 Å². The van der Waals surface area contributed by atoms with Crippen LogP contribution in [-0.2, 0) is 9.53 Å². The molecule has 2 aliphatic rings. The highest BCUT2D eigenvalue weighted by Gasteiger charge is 2.41. The lowest BCUT2D eigenvalue weighted by atomic mass is 10.1. The van der Waals surface area contributed by atoms with Crippen molar-refractivity contribution in [2.45, 2.75) is 58.2 Å². The Kier molecular flexibility index (Phi) is 4.62. The maximum Gasteiger partial charge on any atom is 0.236 e. The molecule has 104 valence electrons. The Morgan fingerprint density at radius 1 is 1.28 bits per heavy atom. The van der Waals surface area contributed by atoms with Crippen molar-refractivity contribution in [2.24, 2.45) is 11.8 Å². The SMILES string of the molecule is CC(C)CNC(=O)C(C)NC1CCOC1C1CC1. The highest BCUT2D eigenvalue weighted by atomic mass is 16.5. The van der Waals surface area contributed by atoms with E-state index in [-0.39, 0.29) is 11.9 Å². The molecule has 1 amide bonds. The van der Waals surface area contributed by atoms with Gasteiger partial charge in [-0.3, -0.25) is 4.79 Å². The lowest BCUT2D eigenvalue weighted by molar-refractivity contribution is -0.123. The van der Waals surface area contributed by atoms with Gasteiger partial charge < -0.3 is 15.4 Å². The summed E-state index contributed by atoms with van der Waals surface area (Å²) in [4.78, 5) is 11.9. The van der Waals surface area contributed by atoms with Crippen molar-refractivity contribution in [3.63, 3.8) is 0 Å². The van der Waals surface area contributed by atoms with E-state index in [2.05, 4.69) is 24.5 Å². The number of hydrogen-bond donors (Lipinski definition) is 2. The van der Waals surface area contributed by atoms with Crippen molar-refractivity contribution in [2.75, 3.05) is 13.2 Å². The van der Waals surface area contributed by atoms with Gasteiger partial charge in [-0.15, -0.1) is 0 Å². The molecule has 1 aliphatic heterocycles. The summed E-state index contributed by atoms with van der Waals surface area (Å²) in [6.45, 7) is 7.73. The number of carbonyl (C=O) groups excluding carboxylic acids is 1. The molecule has 0 spiro atoms. The van der Waals surface area contributed by atoms with Crippen LogP contribution in [0, 0.1) is 11.8 Å². The van der Waals surface area contributed by atoms with Gasteiger partial charge in [0.2, 0.25) is 5.91 Å². The second-order valence-electron chi connectivity index (χ2n) is 6.10. The molecule has 1 heterocycles. The van der Waals surface area contributed by atoms with E-state index in [0.29, 0.717) is 18.1 Å². The summed E-state index contributed by atoms with van der Waals surface area (Å²) in [5, 5.41) is 6.41. The molecule has 1 aliphatic carbocycles. The maximum absolute atomic E-state index is 11.9. The molecule has 2 fully saturated rings. The molecular weight excluding hydrogens is 228 g/mol. The fourth-order valence-corrected chi connectivity index (χ4v) is 2.53. The lowest BCUT2D eigenvalue weighted by Crippen LogP contribution is -2.50. The van der Waals surface area contributed by atoms with Crippen LogP contribution in [0.3, 0.4) is 0 Å². The van der Waals surface area contributed by atoms with Gasteiger partial charge in [-0.05, 0) is 38.0 Å². The van der Waals surface area contributed by atoms with Crippen molar-refractivity contribution in [1.29, 1.82) is 0 Å². The smallest absolute Gasteiger partial charge is 0.236 e. The lowest BCUT2D eigenvalue weighted by Gasteiger charge is -2.23. The minimum atomic E-state index is -0.128. The normalized spacial score (nSPS) is 29.6. The van der Waals surface area contributed by atoms with E-state index in [9.17, 15) is 4.79 Å². The Morgan fingerprint density at radius 3 is 2.61 bits per heavy atom. The van der Waals surface area contributed by atoms with Crippen LogP contribution < -0.4 is 10.6 Å². The molecule has 0 bridgehead atoms. The van der Waals surface area contributed by atoms with Crippen LogP contribution in [0.15, 0.2) is 0 Å². The largest absolute Gasteiger partial charge is 0.376 e. The number of amides is 1. The van der Waals surface area contributed by atoms with Crippen LogP contribution in [0.1, 0.15) is 40.0 Å². The molecule has 1 saturated carbocycles. The molecule has 0 radical (unpaired) electrons. The van der Waals surface area contributed by atoms with Crippen LogP contribution in [0.2, 0.25) is 0 Å².